The number of rotatable bonds is 6. The third-order valence-electron chi connectivity index (χ3n) is 3.64. The van der Waals surface area contributed by atoms with Crippen LogP contribution in [0, 0.1) is 6.92 Å². The molecule has 0 aliphatic heterocycles. The summed E-state index contributed by atoms with van der Waals surface area (Å²) in [5, 5.41) is 0. The molecule has 2 aromatic carbocycles. The first-order chi connectivity index (χ1) is 11.5. The van der Waals surface area contributed by atoms with Crippen LogP contribution in [0.2, 0.25) is 0 Å². The highest BCUT2D eigenvalue weighted by atomic mass is 79.9. The van der Waals surface area contributed by atoms with Crippen molar-refractivity contribution < 1.29 is 14.3 Å². The van der Waals surface area contributed by atoms with E-state index in [-0.39, 0.29) is 5.91 Å². The van der Waals surface area contributed by atoms with Crippen LogP contribution in [0.5, 0.6) is 0 Å². The molecule has 2 aromatic rings. The summed E-state index contributed by atoms with van der Waals surface area (Å²) in [5.41, 5.74) is 7.64. The Morgan fingerprint density at radius 3 is 2.50 bits per heavy atom. The lowest BCUT2D eigenvalue weighted by Gasteiger charge is -2.25. The number of aryl methyl sites for hydroxylation is 1. The molecule has 0 aromatic heterocycles. The van der Waals surface area contributed by atoms with Crippen LogP contribution in [0.25, 0.3) is 0 Å². The number of hydrogen-bond donors (Lipinski definition) is 1. The number of nitrogens with two attached hydrogens (primary N) is 1. The Morgan fingerprint density at radius 1 is 1.17 bits per heavy atom. The van der Waals surface area contributed by atoms with Crippen molar-refractivity contribution in [1.29, 1.82) is 0 Å². The Kier molecular flexibility index (Phi) is 6.11. The molecule has 2 rings (SSSR count). The number of hydrogen-bond acceptors (Lipinski definition) is 3. The first kappa shape index (κ1) is 18.2. The van der Waals surface area contributed by atoms with Crippen LogP contribution >= 0.6 is 15.9 Å². The number of anilines is 1. The van der Waals surface area contributed by atoms with E-state index in [0.29, 0.717) is 30.0 Å². The number of halogens is 1. The van der Waals surface area contributed by atoms with Crippen LogP contribution in [0.1, 0.15) is 26.3 Å². The van der Waals surface area contributed by atoms with Crippen LogP contribution in [-0.4, -0.2) is 32.1 Å². The van der Waals surface area contributed by atoms with Gasteiger partial charge in [0.25, 0.3) is 11.8 Å². The van der Waals surface area contributed by atoms with E-state index in [1.807, 2.05) is 19.1 Å². The van der Waals surface area contributed by atoms with Gasteiger partial charge in [0.2, 0.25) is 0 Å². The smallest absolute Gasteiger partial charge is 0.258 e. The molecule has 0 bridgehead atoms. The highest BCUT2D eigenvalue weighted by Gasteiger charge is 2.23. The average Bonchev–Trinajstić information content (AvgIpc) is 2.55. The summed E-state index contributed by atoms with van der Waals surface area (Å²) in [7, 11) is 1.56. The zero-order valence-corrected chi connectivity index (χ0v) is 15.2. The number of amides is 2. The Hall–Kier alpha value is -2.18. The van der Waals surface area contributed by atoms with E-state index in [1.165, 1.54) is 4.90 Å². The second-order valence-electron chi connectivity index (χ2n) is 5.29. The highest BCUT2D eigenvalue weighted by Crippen LogP contribution is 2.24. The number of nitrogens with zero attached hydrogens (tertiary/aromatic N) is 1. The van der Waals surface area contributed by atoms with Gasteiger partial charge in [-0.3, -0.25) is 9.59 Å². The van der Waals surface area contributed by atoms with Crippen molar-refractivity contribution in [3.63, 3.8) is 0 Å². The number of methoxy groups -OCH3 is 1. The second-order valence-corrected chi connectivity index (χ2v) is 6.21. The fourth-order valence-corrected chi connectivity index (χ4v) is 2.92. The van der Waals surface area contributed by atoms with Gasteiger partial charge in [-0.1, -0.05) is 28.1 Å². The van der Waals surface area contributed by atoms with Crippen LogP contribution in [-0.2, 0) is 4.74 Å². The van der Waals surface area contributed by atoms with Crippen molar-refractivity contribution in [3.8, 4) is 0 Å². The lowest BCUT2D eigenvalue weighted by Crippen LogP contribution is -2.36. The summed E-state index contributed by atoms with van der Waals surface area (Å²) in [4.78, 5) is 26.3. The van der Waals surface area contributed by atoms with Crippen molar-refractivity contribution in [1.82, 2.24) is 0 Å². The number of para-hydroxylation sites is 1. The van der Waals surface area contributed by atoms with Crippen molar-refractivity contribution in [2.45, 2.75) is 6.92 Å². The Morgan fingerprint density at radius 2 is 1.88 bits per heavy atom. The molecule has 5 nitrogen and oxygen atoms in total. The maximum Gasteiger partial charge on any atom is 0.258 e. The average molecular weight is 391 g/mol. The number of ether oxygens (including phenoxy) is 1. The van der Waals surface area contributed by atoms with E-state index in [0.717, 1.165) is 10.0 Å². The lowest BCUT2D eigenvalue weighted by molar-refractivity contribution is 0.0975. The van der Waals surface area contributed by atoms with Crippen LogP contribution in [0.4, 0.5) is 5.69 Å². The molecule has 0 aliphatic carbocycles. The minimum atomic E-state index is -0.576. The minimum absolute atomic E-state index is 0.203. The summed E-state index contributed by atoms with van der Waals surface area (Å²) in [6.07, 6.45) is 0. The Bertz CT molecular complexity index is 762. The van der Waals surface area contributed by atoms with E-state index >= 15 is 0 Å². The number of benzene rings is 2. The molecule has 2 N–H and O–H groups in total. The first-order valence-electron chi connectivity index (χ1n) is 7.41. The molecule has 0 unspecified atom stereocenters. The molecule has 0 saturated carbocycles. The summed E-state index contributed by atoms with van der Waals surface area (Å²) in [6.45, 7) is 2.52. The molecule has 0 heterocycles. The standard InChI is InChI=1S/C18H19BrN2O3/c1-12-11-13(19)7-8-14(12)18(23)21(9-10-24-2)16-6-4-3-5-15(16)17(20)22/h3-8,11H,9-10H2,1-2H3,(H2,20,22). The zero-order chi connectivity index (χ0) is 17.7. The third kappa shape index (κ3) is 4.01. The molecule has 0 spiro atoms. The predicted molar refractivity (Wildman–Crippen MR) is 97.4 cm³/mol. The minimum Gasteiger partial charge on any atom is -0.383 e. The molecule has 0 atom stereocenters. The van der Waals surface area contributed by atoms with Crippen molar-refractivity contribution in [2.24, 2.45) is 5.73 Å². The van der Waals surface area contributed by atoms with Crippen LogP contribution in [0.3, 0.4) is 0 Å². The molecule has 0 fully saturated rings. The fourth-order valence-electron chi connectivity index (χ4n) is 2.44. The molecular formula is C18H19BrN2O3. The van der Waals surface area contributed by atoms with Gasteiger partial charge in [0.05, 0.1) is 17.9 Å². The quantitative estimate of drug-likeness (QED) is 0.822. The third-order valence-corrected chi connectivity index (χ3v) is 4.14. The normalized spacial score (nSPS) is 10.5. The monoisotopic (exact) mass is 390 g/mol. The summed E-state index contributed by atoms with van der Waals surface area (Å²) in [6, 6.07) is 12.3. The van der Waals surface area contributed by atoms with Crippen molar-refractivity contribution >= 4 is 33.4 Å². The van der Waals surface area contributed by atoms with E-state index in [2.05, 4.69) is 15.9 Å². The number of carbonyl (C=O) groups is 2. The van der Waals surface area contributed by atoms with Gasteiger partial charge < -0.3 is 15.4 Å². The van der Waals surface area contributed by atoms with E-state index in [4.69, 9.17) is 10.5 Å². The van der Waals surface area contributed by atoms with Crippen LogP contribution in [0.15, 0.2) is 46.9 Å². The lowest BCUT2D eigenvalue weighted by atomic mass is 10.1. The first-order valence-corrected chi connectivity index (χ1v) is 8.20. The van der Waals surface area contributed by atoms with Gasteiger partial charge in [0.15, 0.2) is 0 Å². The van der Waals surface area contributed by atoms with Crippen molar-refractivity contribution in [2.75, 3.05) is 25.2 Å². The fraction of sp³-hybridized carbons (Fsp3) is 0.222. The topological polar surface area (TPSA) is 72.6 Å². The van der Waals surface area contributed by atoms with Gasteiger partial charge in [-0.05, 0) is 42.8 Å². The maximum absolute atomic E-state index is 13.1. The molecule has 2 amide bonds. The molecule has 24 heavy (non-hydrogen) atoms. The zero-order valence-electron chi connectivity index (χ0n) is 13.6. The highest BCUT2D eigenvalue weighted by molar-refractivity contribution is 9.10. The summed E-state index contributed by atoms with van der Waals surface area (Å²) < 4.78 is 6.01. The Balaban J connectivity index is 2.49. The largest absolute Gasteiger partial charge is 0.383 e. The van der Waals surface area contributed by atoms with E-state index in [1.54, 1.807) is 37.4 Å². The molecule has 0 aliphatic rings. The molecule has 6 heteroatoms. The van der Waals surface area contributed by atoms with E-state index < -0.39 is 5.91 Å². The maximum atomic E-state index is 13.1. The number of primary amides is 1. The van der Waals surface area contributed by atoms with E-state index in [9.17, 15) is 9.59 Å². The van der Waals surface area contributed by atoms with Crippen molar-refractivity contribution in [3.05, 3.63) is 63.6 Å². The van der Waals surface area contributed by atoms with Gasteiger partial charge in [0, 0.05) is 23.7 Å². The Labute approximate surface area is 149 Å². The molecule has 0 saturated heterocycles. The SMILES string of the molecule is COCCN(C(=O)c1ccc(Br)cc1C)c1ccccc1C(N)=O. The van der Waals surface area contributed by atoms with Gasteiger partial charge >= 0.3 is 0 Å². The molecule has 126 valence electrons. The summed E-state index contributed by atoms with van der Waals surface area (Å²) in [5.74, 6) is -0.779. The van der Waals surface area contributed by atoms with Gasteiger partial charge in [-0.25, -0.2) is 0 Å². The van der Waals surface area contributed by atoms with Gasteiger partial charge in [-0.15, -0.1) is 0 Å². The number of carbonyl (C=O) groups excluding carboxylic acids is 2. The van der Waals surface area contributed by atoms with Gasteiger partial charge in [-0.2, -0.15) is 0 Å². The summed E-state index contributed by atoms with van der Waals surface area (Å²) >= 11 is 3.39. The predicted octanol–water partition coefficient (Wildman–Crippen LogP) is 3.15. The van der Waals surface area contributed by atoms with Gasteiger partial charge in [0.1, 0.15) is 0 Å². The van der Waals surface area contributed by atoms with Crippen LogP contribution < -0.4 is 10.6 Å². The second kappa shape index (κ2) is 8.08. The molecular weight excluding hydrogens is 372 g/mol. The molecule has 0 radical (unpaired) electrons.